The molecule has 0 aliphatic carbocycles. The van der Waals surface area contributed by atoms with Crippen molar-refractivity contribution in [1.82, 2.24) is 0 Å². The van der Waals surface area contributed by atoms with Gasteiger partial charge >= 0.3 is 6.16 Å². The van der Waals surface area contributed by atoms with Gasteiger partial charge in [-0.15, -0.1) is 0 Å². The number of carbonyl (C=O) groups is 1. The molecule has 2 N–H and O–H groups in total. The molecule has 0 bridgehead atoms. The number of hydrogen-bond donors (Lipinski definition) is 1. The summed E-state index contributed by atoms with van der Waals surface area (Å²) in [6, 6.07) is 0. The van der Waals surface area contributed by atoms with Crippen LogP contribution in [0.15, 0.2) is 0 Å². The number of ether oxygens (including phenoxy) is 4. The summed E-state index contributed by atoms with van der Waals surface area (Å²) in [6.07, 6.45) is 1.08. The van der Waals surface area contributed by atoms with Crippen molar-refractivity contribution in [2.24, 2.45) is 11.1 Å². The topological polar surface area (TPSA) is 80.0 Å². The Bertz CT molecular complexity index is 395. The van der Waals surface area contributed by atoms with E-state index in [2.05, 4.69) is 13.8 Å². The molecule has 0 rings (SSSR count). The fraction of sp³-hybridized carbons (Fsp3) is 0.947. The van der Waals surface area contributed by atoms with Gasteiger partial charge in [0.15, 0.2) is 0 Å². The lowest BCUT2D eigenvalue weighted by atomic mass is 9.72. The molecular formula is C19H39NO5. The lowest BCUT2D eigenvalue weighted by molar-refractivity contribution is -0.107. The predicted octanol–water partition coefficient (Wildman–Crippen LogP) is 4.25. The van der Waals surface area contributed by atoms with Crippen LogP contribution in [0.5, 0.6) is 0 Å². The molecule has 25 heavy (non-hydrogen) atoms. The quantitative estimate of drug-likeness (QED) is 0.413. The maximum Gasteiger partial charge on any atom is 0.508 e. The maximum atomic E-state index is 12.2. The van der Waals surface area contributed by atoms with Gasteiger partial charge in [0.25, 0.3) is 0 Å². The summed E-state index contributed by atoms with van der Waals surface area (Å²) in [7, 11) is 0. The average Bonchev–Trinajstić information content (AvgIpc) is 2.45. The summed E-state index contributed by atoms with van der Waals surface area (Å²) < 4.78 is 22.0. The normalized spacial score (nSPS) is 16.2. The van der Waals surface area contributed by atoms with Crippen molar-refractivity contribution in [3.8, 4) is 0 Å². The molecule has 6 heteroatoms. The predicted molar refractivity (Wildman–Crippen MR) is 99.5 cm³/mol. The zero-order valence-electron chi connectivity index (χ0n) is 17.4. The van der Waals surface area contributed by atoms with Crippen LogP contribution in [-0.2, 0) is 18.9 Å². The van der Waals surface area contributed by atoms with Gasteiger partial charge in [-0.1, -0.05) is 20.8 Å². The van der Waals surface area contributed by atoms with Crippen molar-refractivity contribution < 1.29 is 23.7 Å². The summed E-state index contributed by atoms with van der Waals surface area (Å²) in [5.41, 5.74) is 4.37. The van der Waals surface area contributed by atoms with Crippen molar-refractivity contribution >= 4 is 6.16 Å². The fourth-order valence-corrected chi connectivity index (χ4v) is 2.51. The van der Waals surface area contributed by atoms with E-state index in [1.165, 1.54) is 0 Å². The van der Waals surface area contributed by atoms with Gasteiger partial charge in [0.1, 0.15) is 11.8 Å². The maximum absolute atomic E-state index is 12.2. The van der Waals surface area contributed by atoms with Crippen LogP contribution in [0.3, 0.4) is 0 Å². The summed E-state index contributed by atoms with van der Waals surface area (Å²) in [6.45, 7) is 17.2. The summed E-state index contributed by atoms with van der Waals surface area (Å²) >= 11 is 0. The molecule has 0 amide bonds. The highest BCUT2D eigenvalue weighted by Crippen LogP contribution is 2.40. The lowest BCUT2D eigenvalue weighted by Crippen LogP contribution is -2.46. The van der Waals surface area contributed by atoms with Crippen molar-refractivity contribution in [2.75, 3.05) is 19.8 Å². The van der Waals surface area contributed by atoms with Crippen LogP contribution in [-0.4, -0.2) is 43.4 Å². The Morgan fingerprint density at radius 1 is 1.04 bits per heavy atom. The minimum atomic E-state index is -0.652. The lowest BCUT2D eigenvalue weighted by Gasteiger charge is -2.42. The monoisotopic (exact) mass is 361 g/mol. The van der Waals surface area contributed by atoms with Crippen molar-refractivity contribution in [1.29, 1.82) is 0 Å². The van der Waals surface area contributed by atoms with Crippen LogP contribution in [0.4, 0.5) is 4.79 Å². The van der Waals surface area contributed by atoms with Crippen molar-refractivity contribution in [2.45, 2.75) is 92.1 Å². The highest BCUT2D eigenvalue weighted by atomic mass is 16.7. The Hall–Kier alpha value is -0.850. The molecule has 2 atom stereocenters. The van der Waals surface area contributed by atoms with Crippen LogP contribution in [0, 0.1) is 5.41 Å². The van der Waals surface area contributed by atoms with Gasteiger partial charge in [0.2, 0.25) is 0 Å². The van der Waals surface area contributed by atoms with Gasteiger partial charge in [-0.3, -0.25) is 0 Å². The second-order valence-electron chi connectivity index (χ2n) is 7.94. The Morgan fingerprint density at radius 2 is 1.64 bits per heavy atom. The van der Waals surface area contributed by atoms with Gasteiger partial charge in [-0.25, -0.2) is 4.79 Å². The first kappa shape index (κ1) is 24.1. The van der Waals surface area contributed by atoms with Crippen LogP contribution in [0.2, 0.25) is 0 Å². The largest absolute Gasteiger partial charge is 0.508 e. The molecule has 0 heterocycles. The van der Waals surface area contributed by atoms with Gasteiger partial charge in [-0.2, -0.15) is 0 Å². The molecule has 0 saturated heterocycles. The van der Waals surface area contributed by atoms with Crippen LogP contribution in [0.1, 0.15) is 74.7 Å². The molecular weight excluding hydrogens is 322 g/mol. The summed E-state index contributed by atoms with van der Waals surface area (Å²) in [5.74, 6) is 0. The van der Waals surface area contributed by atoms with Crippen molar-refractivity contribution in [3.63, 3.8) is 0 Å². The first-order valence-electron chi connectivity index (χ1n) is 9.26. The average molecular weight is 362 g/mol. The zero-order chi connectivity index (χ0) is 19.7. The van der Waals surface area contributed by atoms with E-state index in [-0.39, 0.29) is 23.9 Å². The van der Waals surface area contributed by atoms with Crippen molar-refractivity contribution in [3.05, 3.63) is 0 Å². The van der Waals surface area contributed by atoms with E-state index in [1.807, 2.05) is 34.6 Å². The van der Waals surface area contributed by atoms with E-state index in [0.29, 0.717) is 26.1 Å². The number of rotatable bonds is 12. The van der Waals surface area contributed by atoms with E-state index in [1.54, 1.807) is 6.92 Å². The highest BCUT2D eigenvalue weighted by molar-refractivity contribution is 5.60. The molecule has 0 saturated carbocycles. The molecule has 0 fully saturated rings. The van der Waals surface area contributed by atoms with E-state index >= 15 is 0 Å². The van der Waals surface area contributed by atoms with E-state index in [4.69, 9.17) is 24.7 Å². The van der Waals surface area contributed by atoms with E-state index < -0.39 is 11.8 Å². The van der Waals surface area contributed by atoms with Crippen LogP contribution < -0.4 is 5.73 Å². The second kappa shape index (κ2) is 10.3. The number of hydrogen-bond acceptors (Lipinski definition) is 6. The molecule has 150 valence electrons. The van der Waals surface area contributed by atoms with Gasteiger partial charge in [0, 0.05) is 25.0 Å². The second-order valence-corrected chi connectivity index (χ2v) is 7.94. The Morgan fingerprint density at radius 3 is 2.12 bits per heavy atom. The third-order valence-corrected chi connectivity index (χ3v) is 4.98. The SMILES string of the molecule is CCOC(C)(C)CCOC(=O)OC(C)(CC)C(C)(C)CCOC(C)N. The minimum absolute atomic E-state index is 0.264. The highest BCUT2D eigenvalue weighted by Gasteiger charge is 2.43. The summed E-state index contributed by atoms with van der Waals surface area (Å²) in [4.78, 5) is 12.2. The molecule has 6 nitrogen and oxygen atoms in total. The number of nitrogens with two attached hydrogens (primary N) is 1. The van der Waals surface area contributed by atoms with E-state index in [0.717, 1.165) is 6.42 Å². The standard InChI is InChI=1S/C19H39NO5/c1-9-19(8,17(4,5)11-13-22-15(3)20)25-16(21)23-14-12-18(6,7)24-10-2/h15H,9-14,20H2,1-8H3. The first-order valence-corrected chi connectivity index (χ1v) is 9.26. The molecule has 2 unspecified atom stereocenters. The summed E-state index contributed by atoms with van der Waals surface area (Å²) in [5, 5.41) is 0. The molecule has 0 aliphatic heterocycles. The smallest absolute Gasteiger partial charge is 0.434 e. The number of carbonyl (C=O) groups excluding carboxylic acids is 1. The first-order chi connectivity index (χ1) is 11.4. The van der Waals surface area contributed by atoms with Gasteiger partial charge < -0.3 is 24.7 Å². The molecule has 0 spiro atoms. The Kier molecular flexibility index (Phi) is 9.98. The molecule has 0 aromatic rings. The van der Waals surface area contributed by atoms with Gasteiger partial charge in [-0.05, 0) is 47.5 Å². The Balaban J connectivity index is 4.58. The molecule has 0 radical (unpaired) electrons. The fourth-order valence-electron chi connectivity index (χ4n) is 2.51. The third-order valence-electron chi connectivity index (χ3n) is 4.98. The van der Waals surface area contributed by atoms with E-state index in [9.17, 15) is 4.79 Å². The third kappa shape index (κ3) is 8.88. The minimum Gasteiger partial charge on any atom is -0.434 e. The van der Waals surface area contributed by atoms with Gasteiger partial charge in [0.05, 0.1) is 12.2 Å². The molecule has 0 aromatic heterocycles. The Labute approximate surface area is 153 Å². The molecule has 0 aliphatic rings. The zero-order valence-corrected chi connectivity index (χ0v) is 17.4. The van der Waals surface area contributed by atoms with Crippen LogP contribution >= 0.6 is 0 Å². The van der Waals surface area contributed by atoms with Crippen LogP contribution in [0.25, 0.3) is 0 Å². The molecule has 0 aromatic carbocycles.